The lowest BCUT2D eigenvalue weighted by atomic mass is 10.1. The maximum absolute atomic E-state index is 13.0. The fourth-order valence-electron chi connectivity index (χ4n) is 2.86. The van der Waals surface area contributed by atoms with E-state index in [1.165, 1.54) is 42.2 Å². The number of hydrogen-bond donors (Lipinski definition) is 1. The minimum Gasteiger partial charge on any atom is -0.387 e. The number of aliphatic hydroxyl groups is 1. The molecular formula is C17H19FN4O3. The molecule has 0 saturated carbocycles. The summed E-state index contributed by atoms with van der Waals surface area (Å²) in [5, 5.41) is 10.3. The summed E-state index contributed by atoms with van der Waals surface area (Å²) in [6.45, 7) is 2.36. The van der Waals surface area contributed by atoms with Crippen LogP contribution >= 0.6 is 0 Å². The van der Waals surface area contributed by atoms with Gasteiger partial charge in [0, 0.05) is 13.6 Å². The molecule has 132 valence electrons. The van der Waals surface area contributed by atoms with Crippen LogP contribution in [0.3, 0.4) is 0 Å². The fraction of sp³-hybridized carbons (Fsp3) is 0.353. The second-order valence-corrected chi connectivity index (χ2v) is 5.93. The van der Waals surface area contributed by atoms with Crippen LogP contribution in [0.2, 0.25) is 0 Å². The summed E-state index contributed by atoms with van der Waals surface area (Å²) in [5.41, 5.74) is 0.0226. The Balaban J connectivity index is 2.09. The fourth-order valence-corrected chi connectivity index (χ4v) is 2.86. The Hall–Kier alpha value is -2.74. The first-order chi connectivity index (χ1) is 11.9. The van der Waals surface area contributed by atoms with Gasteiger partial charge in [-0.15, -0.1) is 0 Å². The Morgan fingerprint density at radius 2 is 1.92 bits per heavy atom. The van der Waals surface area contributed by atoms with Crippen LogP contribution in [0.4, 0.5) is 4.39 Å². The van der Waals surface area contributed by atoms with Gasteiger partial charge in [0.1, 0.15) is 5.82 Å². The average Bonchev–Trinajstić information content (AvgIpc) is 3.01. The minimum absolute atomic E-state index is 0.218. The van der Waals surface area contributed by atoms with Gasteiger partial charge in [0.25, 0.3) is 5.56 Å². The van der Waals surface area contributed by atoms with Gasteiger partial charge in [-0.1, -0.05) is 19.1 Å². The molecule has 1 N–H and O–H groups in total. The first kappa shape index (κ1) is 17.1. The summed E-state index contributed by atoms with van der Waals surface area (Å²) in [4.78, 5) is 29.4. The van der Waals surface area contributed by atoms with Gasteiger partial charge in [0.2, 0.25) is 0 Å². The molecule has 2 aromatic heterocycles. The lowest BCUT2D eigenvalue weighted by Crippen LogP contribution is -2.41. The molecule has 25 heavy (non-hydrogen) atoms. The molecule has 3 rings (SSSR count). The van der Waals surface area contributed by atoms with Gasteiger partial charge in [-0.25, -0.2) is 14.2 Å². The van der Waals surface area contributed by atoms with E-state index in [2.05, 4.69) is 4.98 Å². The lowest BCUT2D eigenvalue weighted by Gasteiger charge is -2.14. The third-order valence-electron chi connectivity index (χ3n) is 4.18. The molecular weight excluding hydrogens is 327 g/mol. The van der Waals surface area contributed by atoms with Crippen LogP contribution in [-0.4, -0.2) is 23.8 Å². The Bertz CT molecular complexity index is 1020. The van der Waals surface area contributed by atoms with E-state index in [-0.39, 0.29) is 6.54 Å². The van der Waals surface area contributed by atoms with E-state index < -0.39 is 23.2 Å². The first-order valence-electron chi connectivity index (χ1n) is 8.02. The topological polar surface area (TPSA) is 82.1 Å². The normalized spacial score (nSPS) is 12.6. The molecule has 3 aromatic rings. The number of halogens is 1. The smallest absolute Gasteiger partial charge is 0.332 e. The highest BCUT2D eigenvalue weighted by Crippen LogP contribution is 2.15. The minimum atomic E-state index is -1.11. The van der Waals surface area contributed by atoms with Gasteiger partial charge in [-0.2, -0.15) is 0 Å². The van der Waals surface area contributed by atoms with Crippen molar-refractivity contribution in [3.63, 3.8) is 0 Å². The lowest BCUT2D eigenvalue weighted by molar-refractivity contribution is 0.153. The summed E-state index contributed by atoms with van der Waals surface area (Å²) in [6.07, 6.45) is 1.24. The second-order valence-electron chi connectivity index (χ2n) is 5.93. The highest BCUT2D eigenvalue weighted by molar-refractivity contribution is 5.69. The van der Waals surface area contributed by atoms with Crippen molar-refractivity contribution in [3.8, 4) is 0 Å². The SMILES string of the molecule is CCCn1cnc2c1c(=O)n(CC(O)c1ccc(F)cc1)c(=O)n2C. The molecule has 0 spiro atoms. The number of benzene rings is 1. The zero-order valence-corrected chi connectivity index (χ0v) is 14.0. The van der Waals surface area contributed by atoms with E-state index in [1.807, 2.05) is 6.92 Å². The number of aryl methyl sites for hydroxylation is 2. The molecule has 0 radical (unpaired) electrons. The standard InChI is InChI=1S/C17H19FN4O3/c1-3-8-21-10-19-15-14(21)16(24)22(17(25)20(15)2)9-13(23)11-4-6-12(18)7-5-11/h4-7,10,13,23H,3,8-9H2,1-2H3. The number of nitrogens with zero attached hydrogens (tertiary/aromatic N) is 4. The zero-order valence-electron chi connectivity index (χ0n) is 14.0. The van der Waals surface area contributed by atoms with Crippen molar-refractivity contribution < 1.29 is 9.50 Å². The molecule has 8 heteroatoms. The van der Waals surface area contributed by atoms with E-state index >= 15 is 0 Å². The van der Waals surface area contributed by atoms with Gasteiger partial charge in [0.15, 0.2) is 11.2 Å². The van der Waals surface area contributed by atoms with Crippen LogP contribution in [0.25, 0.3) is 11.2 Å². The monoisotopic (exact) mass is 346 g/mol. The number of aliphatic hydroxyl groups excluding tert-OH is 1. The summed E-state index contributed by atoms with van der Waals surface area (Å²) < 4.78 is 17.0. The molecule has 0 fully saturated rings. The predicted octanol–water partition coefficient (Wildman–Crippen LogP) is 1.18. The number of aromatic nitrogens is 4. The largest absolute Gasteiger partial charge is 0.387 e. The molecule has 7 nitrogen and oxygen atoms in total. The molecule has 0 aliphatic carbocycles. The van der Waals surface area contributed by atoms with Crippen molar-refractivity contribution in [1.82, 2.24) is 18.7 Å². The Morgan fingerprint density at radius 1 is 1.24 bits per heavy atom. The molecule has 0 aliphatic heterocycles. The molecule has 0 amide bonds. The predicted molar refractivity (Wildman–Crippen MR) is 90.9 cm³/mol. The third-order valence-corrected chi connectivity index (χ3v) is 4.18. The van der Waals surface area contributed by atoms with Gasteiger partial charge < -0.3 is 9.67 Å². The van der Waals surface area contributed by atoms with E-state index in [0.29, 0.717) is 23.3 Å². The number of rotatable bonds is 5. The van der Waals surface area contributed by atoms with Crippen LogP contribution in [0.5, 0.6) is 0 Å². The van der Waals surface area contributed by atoms with Crippen molar-refractivity contribution in [2.75, 3.05) is 0 Å². The van der Waals surface area contributed by atoms with Gasteiger partial charge in [-0.05, 0) is 24.1 Å². The Labute approximate surface area is 142 Å². The van der Waals surface area contributed by atoms with Gasteiger partial charge >= 0.3 is 5.69 Å². The van der Waals surface area contributed by atoms with E-state index in [0.717, 1.165) is 11.0 Å². The van der Waals surface area contributed by atoms with Crippen LogP contribution in [-0.2, 0) is 20.1 Å². The van der Waals surface area contributed by atoms with Crippen LogP contribution < -0.4 is 11.2 Å². The Morgan fingerprint density at radius 3 is 2.56 bits per heavy atom. The second kappa shape index (κ2) is 6.64. The number of hydrogen-bond acceptors (Lipinski definition) is 4. The molecule has 0 aliphatic rings. The molecule has 2 heterocycles. The summed E-state index contributed by atoms with van der Waals surface area (Å²) in [6, 6.07) is 5.29. The molecule has 0 bridgehead atoms. The quantitative estimate of drug-likeness (QED) is 0.752. The van der Waals surface area contributed by atoms with Crippen molar-refractivity contribution in [2.24, 2.45) is 7.05 Å². The molecule has 1 aromatic carbocycles. The summed E-state index contributed by atoms with van der Waals surface area (Å²) >= 11 is 0. The van der Waals surface area contributed by atoms with Crippen molar-refractivity contribution in [2.45, 2.75) is 32.5 Å². The molecule has 1 unspecified atom stereocenters. The average molecular weight is 346 g/mol. The maximum Gasteiger partial charge on any atom is 0.332 e. The van der Waals surface area contributed by atoms with Crippen LogP contribution in [0, 0.1) is 5.82 Å². The van der Waals surface area contributed by atoms with Crippen molar-refractivity contribution in [3.05, 3.63) is 62.8 Å². The maximum atomic E-state index is 13.0. The highest BCUT2D eigenvalue weighted by Gasteiger charge is 2.18. The zero-order chi connectivity index (χ0) is 18.1. The highest BCUT2D eigenvalue weighted by atomic mass is 19.1. The van der Waals surface area contributed by atoms with Crippen LogP contribution in [0.1, 0.15) is 25.0 Å². The van der Waals surface area contributed by atoms with Gasteiger partial charge in [0.05, 0.1) is 19.0 Å². The first-order valence-corrected chi connectivity index (χ1v) is 8.02. The Kier molecular flexibility index (Phi) is 4.54. The van der Waals surface area contributed by atoms with Crippen molar-refractivity contribution >= 4 is 11.2 Å². The van der Waals surface area contributed by atoms with E-state index in [4.69, 9.17) is 0 Å². The number of fused-ring (bicyclic) bond motifs is 1. The summed E-state index contributed by atoms with van der Waals surface area (Å²) in [7, 11) is 1.54. The van der Waals surface area contributed by atoms with Crippen molar-refractivity contribution in [1.29, 1.82) is 0 Å². The third kappa shape index (κ3) is 3.00. The van der Waals surface area contributed by atoms with E-state index in [9.17, 15) is 19.1 Å². The molecule has 1 atom stereocenters. The summed E-state index contributed by atoms with van der Waals surface area (Å²) in [5.74, 6) is -0.422. The molecule has 0 saturated heterocycles. The van der Waals surface area contributed by atoms with Gasteiger partial charge in [-0.3, -0.25) is 13.9 Å². The van der Waals surface area contributed by atoms with E-state index in [1.54, 1.807) is 4.57 Å². The number of imidazole rings is 1. The van der Waals surface area contributed by atoms with Crippen LogP contribution in [0.15, 0.2) is 40.2 Å².